The molecule has 2 N–H and O–H groups in total. The Kier molecular flexibility index (Phi) is 3.94. The third-order valence-electron chi connectivity index (χ3n) is 1.95. The lowest BCUT2D eigenvalue weighted by Crippen LogP contribution is -2.29. The Morgan fingerprint density at radius 3 is 1.92 bits per heavy atom. The summed E-state index contributed by atoms with van der Waals surface area (Å²) in [5, 5.41) is 17.7. The molecule has 72 valence electrons. The van der Waals surface area contributed by atoms with Gasteiger partial charge in [-0.15, -0.1) is 0 Å². The molecule has 2 atom stereocenters. The van der Waals surface area contributed by atoms with Gasteiger partial charge in [-0.1, -0.05) is 13.3 Å². The minimum absolute atomic E-state index is 0.0918. The molecule has 0 aromatic carbocycles. The first-order valence-electron chi connectivity index (χ1n) is 4.34. The number of hydrogen-bond acceptors (Lipinski definition) is 4. The molecular formula is C8H16O4. The second kappa shape index (κ2) is 4.77. The van der Waals surface area contributed by atoms with Crippen molar-refractivity contribution in [2.24, 2.45) is 0 Å². The van der Waals surface area contributed by atoms with Crippen LogP contribution in [0.2, 0.25) is 0 Å². The van der Waals surface area contributed by atoms with Crippen LogP contribution in [0.1, 0.15) is 19.8 Å². The van der Waals surface area contributed by atoms with Gasteiger partial charge in [-0.2, -0.15) is 0 Å². The monoisotopic (exact) mass is 176 g/mol. The third kappa shape index (κ3) is 2.17. The molecule has 1 fully saturated rings. The maximum atomic E-state index is 8.84. The Labute approximate surface area is 72.1 Å². The van der Waals surface area contributed by atoms with Gasteiger partial charge >= 0.3 is 0 Å². The van der Waals surface area contributed by atoms with Crippen LogP contribution in [0.3, 0.4) is 0 Å². The molecule has 0 amide bonds. The van der Waals surface area contributed by atoms with Crippen LogP contribution in [0.25, 0.3) is 0 Å². The van der Waals surface area contributed by atoms with E-state index in [-0.39, 0.29) is 31.7 Å². The molecule has 0 aromatic heterocycles. The molecule has 1 rings (SSSR count). The molecule has 0 spiro atoms. The van der Waals surface area contributed by atoms with E-state index in [1.54, 1.807) is 0 Å². The van der Waals surface area contributed by atoms with E-state index >= 15 is 0 Å². The molecule has 1 aliphatic rings. The fourth-order valence-electron chi connectivity index (χ4n) is 1.29. The SMILES string of the molecule is CCCC1O[C@@H](CO)[C@H](CO)O1. The smallest absolute Gasteiger partial charge is 0.158 e. The van der Waals surface area contributed by atoms with Crippen molar-refractivity contribution >= 4 is 0 Å². The zero-order chi connectivity index (χ0) is 8.97. The molecular weight excluding hydrogens is 160 g/mol. The normalized spacial score (nSPS) is 31.2. The third-order valence-corrected chi connectivity index (χ3v) is 1.95. The predicted octanol–water partition coefficient (Wildman–Crippen LogP) is -0.119. The van der Waals surface area contributed by atoms with E-state index in [0.717, 1.165) is 12.8 Å². The average molecular weight is 176 g/mol. The largest absolute Gasteiger partial charge is 0.394 e. The molecule has 4 nitrogen and oxygen atoms in total. The summed E-state index contributed by atoms with van der Waals surface area (Å²) in [6.07, 6.45) is 0.830. The maximum Gasteiger partial charge on any atom is 0.158 e. The van der Waals surface area contributed by atoms with E-state index in [1.807, 2.05) is 6.92 Å². The van der Waals surface area contributed by atoms with Crippen LogP contribution in [0.4, 0.5) is 0 Å². The lowest BCUT2D eigenvalue weighted by molar-refractivity contribution is -0.0783. The summed E-state index contributed by atoms with van der Waals surface area (Å²) in [6, 6.07) is 0. The zero-order valence-electron chi connectivity index (χ0n) is 7.27. The van der Waals surface area contributed by atoms with Crippen molar-refractivity contribution in [3.63, 3.8) is 0 Å². The van der Waals surface area contributed by atoms with Crippen molar-refractivity contribution < 1.29 is 19.7 Å². The number of rotatable bonds is 4. The van der Waals surface area contributed by atoms with Gasteiger partial charge in [0.25, 0.3) is 0 Å². The molecule has 0 bridgehead atoms. The topological polar surface area (TPSA) is 58.9 Å². The Balaban J connectivity index is 2.36. The Morgan fingerprint density at radius 2 is 1.58 bits per heavy atom. The van der Waals surface area contributed by atoms with Crippen LogP contribution in [0.5, 0.6) is 0 Å². The summed E-state index contributed by atoms with van der Waals surface area (Å²) in [4.78, 5) is 0. The highest BCUT2D eigenvalue weighted by molar-refractivity contribution is 4.75. The number of aliphatic hydroxyl groups is 2. The van der Waals surface area contributed by atoms with Gasteiger partial charge in [-0.3, -0.25) is 0 Å². The first-order chi connectivity index (χ1) is 5.81. The Hall–Kier alpha value is -0.160. The molecule has 0 aromatic rings. The van der Waals surface area contributed by atoms with Crippen molar-refractivity contribution in [2.75, 3.05) is 13.2 Å². The van der Waals surface area contributed by atoms with Crippen LogP contribution in [-0.2, 0) is 9.47 Å². The van der Waals surface area contributed by atoms with Gasteiger partial charge in [0.05, 0.1) is 13.2 Å². The maximum absolute atomic E-state index is 8.84. The number of hydrogen-bond donors (Lipinski definition) is 2. The average Bonchev–Trinajstić information content (AvgIpc) is 2.48. The second-order valence-electron chi connectivity index (χ2n) is 2.93. The molecule has 0 aliphatic carbocycles. The van der Waals surface area contributed by atoms with Gasteiger partial charge in [0.2, 0.25) is 0 Å². The summed E-state index contributed by atoms with van der Waals surface area (Å²) in [7, 11) is 0. The zero-order valence-corrected chi connectivity index (χ0v) is 7.27. The highest BCUT2D eigenvalue weighted by Crippen LogP contribution is 2.21. The van der Waals surface area contributed by atoms with Gasteiger partial charge in [0, 0.05) is 0 Å². The molecule has 4 heteroatoms. The fourth-order valence-corrected chi connectivity index (χ4v) is 1.29. The van der Waals surface area contributed by atoms with Crippen LogP contribution < -0.4 is 0 Å². The summed E-state index contributed by atoms with van der Waals surface area (Å²) in [5.41, 5.74) is 0. The molecule has 1 aliphatic heterocycles. The molecule has 0 unspecified atom stereocenters. The van der Waals surface area contributed by atoms with Gasteiger partial charge in [-0.25, -0.2) is 0 Å². The quantitative estimate of drug-likeness (QED) is 0.627. The van der Waals surface area contributed by atoms with Crippen molar-refractivity contribution in [3.05, 3.63) is 0 Å². The first-order valence-corrected chi connectivity index (χ1v) is 4.34. The van der Waals surface area contributed by atoms with E-state index in [1.165, 1.54) is 0 Å². The molecule has 0 radical (unpaired) electrons. The van der Waals surface area contributed by atoms with Crippen LogP contribution in [0, 0.1) is 0 Å². The Morgan fingerprint density at radius 1 is 1.08 bits per heavy atom. The highest BCUT2D eigenvalue weighted by atomic mass is 16.7. The summed E-state index contributed by atoms with van der Waals surface area (Å²) in [6.45, 7) is 1.85. The highest BCUT2D eigenvalue weighted by Gasteiger charge is 2.34. The van der Waals surface area contributed by atoms with Crippen LogP contribution >= 0.6 is 0 Å². The molecule has 0 saturated carbocycles. The summed E-state index contributed by atoms with van der Waals surface area (Å²) in [5.74, 6) is 0. The van der Waals surface area contributed by atoms with Crippen molar-refractivity contribution in [2.45, 2.75) is 38.3 Å². The van der Waals surface area contributed by atoms with Crippen molar-refractivity contribution in [1.29, 1.82) is 0 Å². The van der Waals surface area contributed by atoms with E-state index in [0.29, 0.717) is 0 Å². The number of ether oxygens (including phenoxy) is 2. The van der Waals surface area contributed by atoms with Crippen LogP contribution in [-0.4, -0.2) is 41.9 Å². The minimum atomic E-state index is -0.355. The van der Waals surface area contributed by atoms with E-state index in [2.05, 4.69) is 0 Å². The lowest BCUT2D eigenvalue weighted by atomic mass is 10.2. The van der Waals surface area contributed by atoms with Gasteiger partial charge < -0.3 is 19.7 Å². The van der Waals surface area contributed by atoms with E-state index < -0.39 is 0 Å². The van der Waals surface area contributed by atoms with E-state index in [4.69, 9.17) is 19.7 Å². The van der Waals surface area contributed by atoms with Crippen molar-refractivity contribution in [3.8, 4) is 0 Å². The standard InChI is InChI=1S/C8H16O4/c1-2-3-8-11-6(4-9)7(5-10)12-8/h6-10H,2-5H2,1H3/t6-,7-/m0/s1. The Bertz CT molecular complexity index is 116. The number of aliphatic hydroxyl groups excluding tert-OH is 2. The second-order valence-corrected chi connectivity index (χ2v) is 2.93. The summed E-state index contributed by atoms with van der Waals surface area (Å²) >= 11 is 0. The molecule has 1 saturated heterocycles. The predicted molar refractivity (Wildman–Crippen MR) is 42.6 cm³/mol. The van der Waals surface area contributed by atoms with Gasteiger partial charge in [0.15, 0.2) is 6.29 Å². The van der Waals surface area contributed by atoms with Crippen LogP contribution in [0.15, 0.2) is 0 Å². The first kappa shape index (κ1) is 9.92. The molecule has 1 heterocycles. The van der Waals surface area contributed by atoms with E-state index in [9.17, 15) is 0 Å². The van der Waals surface area contributed by atoms with Gasteiger partial charge in [-0.05, 0) is 6.42 Å². The minimum Gasteiger partial charge on any atom is -0.394 e. The summed E-state index contributed by atoms with van der Waals surface area (Å²) < 4.78 is 10.6. The fraction of sp³-hybridized carbons (Fsp3) is 1.00. The lowest BCUT2D eigenvalue weighted by Gasteiger charge is -2.09. The van der Waals surface area contributed by atoms with Gasteiger partial charge in [0.1, 0.15) is 12.2 Å². The molecule has 12 heavy (non-hydrogen) atoms. The van der Waals surface area contributed by atoms with Crippen molar-refractivity contribution in [1.82, 2.24) is 0 Å².